The predicted molar refractivity (Wildman–Crippen MR) is 61.5 cm³/mol. The summed E-state index contributed by atoms with van der Waals surface area (Å²) < 4.78 is 5.41. The van der Waals surface area contributed by atoms with Gasteiger partial charge in [0.05, 0.1) is 6.07 Å². The van der Waals surface area contributed by atoms with Gasteiger partial charge < -0.3 is 4.74 Å². The topological polar surface area (TPSA) is 50.1 Å². The van der Waals surface area contributed by atoms with Crippen LogP contribution in [0.15, 0.2) is 0 Å². The molecule has 0 unspecified atom stereocenters. The van der Waals surface area contributed by atoms with Crippen molar-refractivity contribution in [2.24, 2.45) is 17.8 Å². The van der Waals surface area contributed by atoms with Gasteiger partial charge in [0.15, 0.2) is 0 Å². The lowest BCUT2D eigenvalue weighted by Gasteiger charge is -2.36. The van der Waals surface area contributed by atoms with Gasteiger partial charge in [0.1, 0.15) is 12.5 Å². The molecule has 0 amide bonds. The molecule has 1 aliphatic carbocycles. The van der Waals surface area contributed by atoms with Gasteiger partial charge in [-0.2, -0.15) is 5.26 Å². The number of carbonyl (C=O) groups is 1. The lowest BCUT2D eigenvalue weighted by molar-refractivity contribution is -0.154. The third-order valence-corrected chi connectivity index (χ3v) is 3.47. The van der Waals surface area contributed by atoms with Gasteiger partial charge in [0.2, 0.25) is 0 Å². The summed E-state index contributed by atoms with van der Waals surface area (Å²) in [5.74, 6) is 1.24. The molecule has 3 heteroatoms. The van der Waals surface area contributed by atoms with Crippen LogP contribution < -0.4 is 0 Å². The molecule has 1 fully saturated rings. The zero-order valence-electron chi connectivity index (χ0n) is 10.4. The molecule has 0 aromatic rings. The number of carbonyl (C=O) groups excluding carboxylic acids is 1. The molecular formula is C13H21NO2. The van der Waals surface area contributed by atoms with Crippen molar-refractivity contribution in [3.8, 4) is 6.07 Å². The summed E-state index contributed by atoms with van der Waals surface area (Å²) in [4.78, 5) is 11.3. The Kier molecular flexibility index (Phi) is 4.79. The highest BCUT2D eigenvalue weighted by Gasteiger charge is 2.33. The molecule has 1 aliphatic rings. The van der Waals surface area contributed by atoms with Crippen molar-refractivity contribution in [3.63, 3.8) is 0 Å². The van der Waals surface area contributed by atoms with Gasteiger partial charge >= 0.3 is 5.97 Å². The van der Waals surface area contributed by atoms with E-state index in [0.29, 0.717) is 17.8 Å². The van der Waals surface area contributed by atoms with Crippen molar-refractivity contribution in [2.45, 2.75) is 52.6 Å². The minimum Gasteiger partial charge on any atom is -0.461 e. The highest BCUT2D eigenvalue weighted by atomic mass is 16.5. The number of hydrogen-bond donors (Lipinski definition) is 0. The van der Waals surface area contributed by atoms with Crippen LogP contribution in [0.4, 0.5) is 0 Å². The molecule has 0 aromatic carbocycles. The maximum absolute atomic E-state index is 11.3. The molecule has 0 saturated heterocycles. The van der Waals surface area contributed by atoms with Crippen LogP contribution in [0, 0.1) is 29.1 Å². The van der Waals surface area contributed by atoms with Crippen LogP contribution in [0.2, 0.25) is 0 Å². The number of rotatable bonds is 3. The van der Waals surface area contributed by atoms with Crippen LogP contribution in [0.25, 0.3) is 0 Å². The van der Waals surface area contributed by atoms with Crippen LogP contribution >= 0.6 is 0 Å². The fourth-order valence-electron chi connectivity index (χ4n) is 2.53. The third-order valence-electron chi connectivity index (χ3n) is 3.47. The molecule has 3 nitrogen and oxygen atoms in total. The van der Waals surface area contributed by atoms with E-state index in [1.54, 1.807) is 0 Å². The summed E-state index contributed by atoms with van der Waals surface area (Å²) in [6, 6.07) is 1.84. The summed E-state index contributed by atoms with van der Waals surface area (Å²) in [5.41, 5.74) is 0. The molecule has 0 spiro atoms. The van der Waals surface area contributed by atoms with Crippen molar-refractivity contribution in [1.82, 2.24) is 0 Å². The summed E-state index contributed by atoms with van der Waals surface area (Å²) in [7, 11) is 0. The maximum atomic E-state index is 11.3. The quantitative estimate of drug-likeness (QED) is 0.691. The lowest BCUT2D eigenvalue weighted by Crippen LogP contribution is -2.35. The summed E-state index contributed by atoms with van der Waals surface area (Å²) in [6.45, 7) is 6.54. The Labute approximate surface area is 97.8 Å². The molecular weight excluding hydrogens is 202 g/mol. The van der Waals surface area contributed by atoms with Crippen molar-refractivity contribution in [2.75, 3.05) is 0 Å². The molecule has 0 bridgehead atoms. The first-order valence-corrected chi connectivity index (χ1v) is 6.11. The summed E-state index contributed by atoms with van der Waals surface area (Å²) in [6.07, 6.45) is 3.18. The first-order chi connectivity index (χ1) is 7.54. The van der Waals surface area contributed by atoms with Crippen molar-refractivity contribution in [3.05, 3.63) is 0 Å². The Morgan fingerprint density at radius 2 is 2.19 bits per heavy atom. The standard InChI is InChI=1S/C13H21NO2/c1-9(2)11-5-4-10(3)8-12(11)16-13(15)6-7-14/h9-12H,4-6,8H2,1-3H3/t10-,11+,12+/m1/s1. The maximum Gasteiger partial charge on any atom is 0.320 e. The molecule has 0 aromatic heterocycles. The minimum atomic E-state index is -0.368. The number of hydrogen-bond acceptors (Lipinski definition) is 3. The van der Waals surface area contributed by atoms with Crippen LogP contribution in [-0.2, 0) is 9.53 Å². The normalized spacial score (nSPS) is 29.8. The van der Waals surface area contributed by atoms with Crippen LogP contribution in [-0.4, -0.2) is 12.1 Å². The lowest BCUT2D eigenvalue weighted by atomic mass is 9.75. The van der Waals surface area contributed by atoms with E-state index in [0.717, 1.165) is 12.8 Å². The Morgan fingerprint density at radius 3 is 2.75 bits per heavy atom. The zero-order valence-corrected chi connectivity index (χ0v) is 10.4. The second kappa shape index (κ2) is 5.89. The molecule has 0 radical (unpaired) electrons. The Hall–Kier alpha value is -1.04. The molecule has 0 heterocycles. The highest BCUT2D eigenvalue weighted by molar-refractivity contribution is 5.71. The smallest absolute Gasteiger partial charge is 0.320 e. The highest BCUT2D eigenvalue weighted by Crippen LogP contribution is 2.35. The summed E-state index contributed by atoms with van der Waals surface area (Å²) >= 11 is 0. The van der Waals surface area contributed by atoms with Crippen molar-refractivity contribution < 1.29 is 9.53 Å². The van der Waals surface area contributed by atoms with Crippen LogP contribution in [0.1, 0.15) is 46.5 Å². The van der Waals surface area contributed by atoms with Crippen molar-refractivity contribution >= 4 is 5.97 Å². The van der Waals surface area contributed by atoms with E-state index in [4.69, 9.17) is 10.00 Å². The van der Waals surface area contributed by atoms with Crippen molar-refractivity contribution in [1.29, 1.82) is 5.26 Å². The molecule has 1 rings (SSSR count). The predicted octanol–water partition coefficient (Wildman–Crippen LogP) is 2.90. The number of nitrogens with zero attached hydrogens (tertiary/aromatic N) is 1. The monoisotopic (exact) mass is 223 g/mol. The summed E-state index contributed by atoms with van der Waals surface area (Å²) in [5, 5.41) is 8.44. The molecule has 1 saturated carbocycles. The van der Waals surface area contributed by atoms with E-state index in [1.165, 1.54) is 6.42 Å². The van der Waals surface area contributed by atoms with Crippen LogP contribution in [0.3, 0.4) is 0 Å². The molecule has 3 atom stereocenters. The van der Waals surface area contributed by atoms with E-state index >= 15 is 0 Å². The zero-order chi connectivity index (χ0) is 12.1. The van der Waals surface area contributed by atoms with Gasteiger partial charge in [0.25, 0.3) is 0 Å². The fraction of sp³-hybridized carbons (Fsp3) is 0.846. The Morgan fingerprint density at radius 1 is 1.50 bits per heavy atom. The Bertz CT molecular complexity index is 280. The van der Waals surface area contributed by atoms with Gasteiger partial charge in [0, 0.05) is 0 Å². The van der Waals surface area contributed by atoms with Gasteiger partial charge in [-0.15, -0.1) is 0 Å². The number of nitriles is 1. The van der Waals surface area contributed by atoms with Crippen LogP contribution in [0.5, 0.6) is 0 Å². The second-order valence-electron chi connectivity index (χ2n) is 5.19. The van der Waals surface area contributed by atoms with E-state index in [9.17, 15) is 4.79 Å². The van der Waals surface area contributed by atoms with E-state index in [2.05, 4.69) is 20.8 Å². The number of ether oxygens (including phenoxy) is 1. The Balaban J connectivity index is 2.58. The molecule has 90 valence electrons. The average Bonchev–Trinajstić information content (AvgIpc) is 2.17. The molecule has 0 aliphatic heterocycles. The van der Waals surface area contributed by atoms with E-state index in [1.807, 2.05) is 6.07 Å². The van der Waals surface area contributed by atoms with Gasteiger partial charge in [-0.25, -0.2) is 0 Å². The fourth-order valence-corrected chi connectivity index (χ4v) is 2.53. The first kappa shape index (κ1) is 13.0. The number of esters is 1. The molecule has 16 heavy (non-hydrogen) atoms. The first-order valence-electron chi connectivity index (χ1n) is 6.11. The van der Waals surface area contributed by atoms with E-state index < -0.39 is 0 Å². The SMILES string of the molecule is CC(C)[C@@H]1CC[C@@H](C)C[C@@H]1OC(=O)CC#N. The van der Waals surface area contributed by atoms with Gasteiger partial charge in [-0.3, -0.25) is 4.79 Å². The third kappa shape index (κ3) is 3.52. The average molecular weight is 223 g/mol. The largest absolute Gasteiger partial charge is 0.461 e. The minimum absolute atomic E-state index is 0.0181. The van der Waals surface area contributed by atoms with Gasteiger partial charge in [-0.1, -0.05) is 27.2 Å². The van der Waals surface area contributed by atoms with Gasteiger partial charge in [-0.05, 0) is 30.6 Å². The van der Waals surface area contributed by atoms with E-state index in [-0.39, 0.29) is 18.5 Å². The molecule has 0 N–H and O–H groups in total. The second-order valence-corrected chi connectivity index (χ2v) is 5.19.